The predicted molar refractivity (Wildman–Crippen MR) is 99.2 cm³/mol. The lowest BCUT2D eigenvalue weighted by Gasteiger charge is -2.19. The fourth-order valence-corrected chi connectivity index (χ4v) is 3.18. The molecule has 1 unspecified atom stereocenters. The molecule has 0 fully saturated rings. The second-order valence-corrected chi connectivity index (χ2v) is 6.12. The summed E-state index contributed by atoms with van der Waals surface area (Å²) >= 11 is 0. The Bertz CT molecular complexity index is 941. The number of aryl methyl sites for hydroxylation is 1. The summed E-state index contributed by atoms with van der Waals surface area (Å²) < 4.78 is 4.25. The molecular weight excluding hydrogens is 310 g/mol. The Hall–Kier alpha value is -2.92. The van der Waals surface area contributed by atoms with Gasteiger partial charge in [0, 0.05) is 32.5 Å². The van der Waals surface area contributed by atoms with Crippen LogP contribution in [0.1, 0.15) is 17.4 Å². The molecule has 0 radical (unpaired) electrons. The number of para-hydroxylation sites is 2. The van der Waals surface area contributed by atoms with E-state index in [1.165, 1.54) is 5.56 Å². The fourth-order valence-electron chi connectivity index (χ4n) is 3.18. The molecule has 2 aromatic heterocycles. The highest BCUT2D eigenvalue weighted by Gasteiger charge is 2.19. The summed E-state index contributed by atoms with van der Waals surface area (Å²) in [7, 11) is 2.08. The zero-order chi connectivity index (χ0) is 17.1. The average Bonchev–Trinajstić information content (AvgIpc) is 3.28. The Morgan fingerprint density at radius 3 is 2.60 bits per heavy atom. The van der Waals surface area contributed by atoms with Crippen molar-refractivity contribution >= 4 is 11.0 Å². The minimum absolute atomic E-state index is 0.0436. The molecule has 126 valence electrons. The van der Waals surface area contributed by atoms with E-state index in [1.807, 2.05) is 24.7 Å². The highest BCUT2D eigenvalue weighted by Crippen LogP contribution is 2.24. The average molecular weight is 331 g/mol. The van der Waals surface area contributed by atoms with Gasteiger partial charge in [0.25, 0.3) is 0 Å². The van der Waals surface area contributed by atoms with Crippen molar-refractivity contribution < 1.29 is 0 Å². The number of nitrogens with one attached hydrogen (secondary N) is 1. The molecule has 0 amide bonds. The van der Waals surface area contributed by atoms with Crippen LogP contribution in [0.4, 0.5) is 0 Å². The van der Waals surface area contributed by atoms with E-state index in [0.29, 0.717) is 0 Å². The van der Waals surface area contributed by atoms with Crippen molar-refractivity contribution in [3.63, 3.8) is 0 Å². The smallest absolute Gasteiger partial charge is 0.131 e. The van der Waals surface area contributed by atoms with Gasteiger partial charge in [-0.1, -0.05) is 42.5 Å². The summed E-state index contributed by atoms with van der Waals surface area (Å²) in [6.45, 7) is 1.70. The molecule has 2 aromatic carbocycles. The molecule has 0 saturated carbocycles. The standard InChI is InChI=1S/C20H21N5/c1-24-18-10-6-5-9-17(18)23-20(24)19(16-7-3-2-4-8-16)22-12-14-25-13-11-21-15-25/h2-11,13,15,19,22H,12,14H2,1H3. The van der Waals surface area contributed by atoms with Gasteiger partial charge in [0.15, 0.2) is 0 Å². The largest absolute Gasteiger partial charge is 0.336 e. The molecule has 2 heterocycles. The van der Waals surface area contributed by atoms with E-state index in [4.69, 9.17) is 4.98 Å². The van der Waals surface area contributed by atoms with Crippen molar-refractivity contribution in [2.45, 2.75) is 12.6 Å². The third-order valence-corrected chi connectivity index (χ3v) is 4.49. The molecule has 1 atom stereocenters. The molecule has 0 aliphatic carbocycles. The number of fused-ring (bicyclic) bond motifs is 1. The molecule has 0 aliphatic rings. The first-order valence-electron chi connectivity index (χ1n) is 8.48. The molecule has 25 heavy (non-hydrogen) atoms. The molecular formula is C20H21N5. The Kier molecular flexibility index (Phi) is 4.31. The fraction of sp³-hybridized carbons (Fsp3) is 0.200. The first-order valence-corrected chi connectivity index (χ1v) is 8.48. The summed E-state index contributed by atoms with van der Waals surface area (Å²) in [5.41, 5.74) is 3.39. The molecule has 4 rings (SSSR count). The zero-order valence-electron chi connectivity index (χ0n) is 14.2. The Morgan fingerprint density at radius 2 is 1.84 bits per heavy atom. The van der Waals surface area contributed by atoms with Crippen LogP contribution in [0.15, 0.2) is 73.3 Å². The van der Waals surface area contributed by atoms with Crippen LogP contribution >= 0.6 is 0 Å². The minimum Gasteiger partial charge on any atom is -0.336 e. The van der Waals surface area contributed by atoms with Crippen LogP contribution in [0.5, 0.6) is 0 Å². The van der Waals surface area contributed by atoms with Crippen molar-refractivity contribution in [3.8, 4) is 0 Å². The number of hydrogen-bond acceptors (Lipinski definition) is 3. The van der Waals surface area contributed by atoms with Crippen LogP contribution in [0.25, 0.3) is 11.0 Å². The van der Waals surface area contributed by atoms with Crippen molar-refractivity contribution in [3.05, 3.63) is 84.7 Å². The minimum atomic E-state index is 0.0436. The normalized spacial score (nSPS) is 12.5. The number of benzene rings is 2. The van der Waals surface area contributed by atoms with E-state index in [2.05, 4.69) is 68.9 Å². The third-order valence-electron chi connectivity index (χ3n) is 4.49. The topological polar surface area (TPSA) is 47.7 Å². The van der Waals surface area contributed by atoms with Gasteiger partial charge in [0.05, 0.1) is 23.4 Å². The molecule has 5 heteroatoms. The van der Waals surface area contributed by atoms with Gasteiger partial charge in [0.1, 0.15) is 5.82 Å². The van der Waals surface area contributed by atoms with Crippen LogP contribution in [0.2, 0.25) is 0 Å². The van der Waals surface area contributed by atoms with Crippen molar-refractivity contribution in [1.82, 2.24) is 24.4 Å². The maximum Gasteiger partial charge on any atom is 0.131 e. The lowest BCUT2D eigenvalue weighted by Crippen LogP contribution is -2.28. The Balaban J connectivity index is 1.65. The predicted octanol–water partition coefficient (Wildman–Crippen LogP) is 3.15. The molecule has 0 saturated heterocycles. The highest BCUT2D eigenvalue weighted by atomic mass is 15.1. The van der Waals surface area contributed by atoms with Crippen molar-refractivity contribution in [2.24, 2.45) is 7.05 Å². The molecule has 5 nitrogen and oxygen atoms in total. The summed E-state index contributed by atoms with van der Waals surface area (Å²) in [6, 6.07) is 18.8. The first kappa shape index (κ1) is 15.6. The number of imidazole rings is 2. The molecule has 1 N–H and O–H groups in total. The van der Waals surface area contributed by atoms with E-state index >= 15 is 0 Å². The van der Waals surface area contributed by atoms with Gasteiger partial charge in [-0.3, -0.25) is 0 Å². The zero-order valence-corrected chi connectivity index (χ0v) is 14.2. The Morgan fingerprint density at radius 1 is 1.04 bits per heavy atom. The quantitative estimate of drug-likeness (QED) is 0.590. The monoisotopic (exact) mass is 331 g/mol. The van der Waals surface area contributed by atoms with Crippen LogP contribution < -0.4 is 5.32 Å². The molecule has 0 aliphatic heterocycles. The second-order valence-electron chi connectivity index (χ2n) is 6.12. The van der Waals surface area contributed by atoms with Crippen molar-refractivity contribution in [1.29, 1.82) is 0 Å². The first-order chi connectivity index (χ1) is 12.3. The van der Waals surface area contributed by atoms with Gasteiger partial charge >= 0.3 is 0 Å². The maximum atomic E-state index is 4.89. The van der Waals surface area contributed by atoms with E-state index in [-0.39, 0.29) is 6.04 Å². The van der Waals surface area contributed by atoms with Gasteiger partial charge in [-0.05, 0) is 17.7 Å². The summed E-state index contributed by atoms with van der Waals surface area (Å²) in [6.07, 6.45) is 5.63. The van der Waals surface area contributed by atoms with Crippen molar-refractivity contribution in [2.75, 3.05) is 6.54 Å². The van der Waals surface area contributed by atoms with Crippen LogP contribution in [0.3, 0.4) is 0 Å². The summed E-state index contributed by atoms with van der Waals surface area (Å²) in [5.74, 6) is 1.03. The summed E-state index contributed by atoms with van der Waals surface area (Å²) in [4.78, 5) is 8.98. The second kappa shape index (κ2) is 6.91. The van der Waals surface area contributed by atoms with E-state index in [9.17, 15) is 0 Å². The lowest BCUT2D eigenvalue weighted by molar-refractivity contribution is 0.525. The van der Waals surface area contributed by atoms with E-state index < -0.39 is 0 Å². The maximum absolute atomic E-state index is 4.89. The molecule has 0 bridgehead atoms. The van der Waals surface area contributed by atoms with Gasteiger partial charge in [0.2, 0.25) is 0 Å². The van der Waals surface area contributed by atoms with Gasteiger partial charge in [-0.2, -0.15) is 0 Å². The van der Waals surface area contributed by atoms with Crippen LogP contribution in [0, 0.1) is 0 Å². The number of rotatable bonds is 6. The van der Waals surface area contributed by atoms with Crippen LogP contribution in [-0.2, 0) is 13.6 Å². The van der Waals surface area contributed by atoms with E-state index in [0.717, 1.165) is 29.9 Å². The summed E-state index contributed by atoms with van der Waals surface area (Å²) in [5, 5.41) is 3.66. The van der Waals surface area contributed by atoms with Gasteiger partial charge < -0.3 is 14.5 Å². The Labute approximate surface area is 147 Å². The third kappa shape index (κ3) is 3.19. The van der Waals surface area contributed by atoms with Crippen LogP contribution in [-0.4, -0.2) is 25.6 Å². The highest BCUT2D eigenvalue weighted by molar-refractivity contribution is 5.76. The number of hydrogen-bond donors (Lipinski definition) is 1. The SMILES string of the molecule is Cn1c(C(NCCn2ccnc2)c2ccccc2)nc2ccccc21. The molecule has 0 spiro atoms. The number of nitrogens with zero attached hydrogens (tertiary/aromatic N) is 4. The van der Waals surface area contributed by atoms with Gasteiger partial charge in [-0.25, -0.2) is 9.97 Å². The van der Waals surface area contributed by atoms with Gasteiger partial charge in [-0.15, -0.1) is 0 Å². The molecule has 4 aromatic rings. The lowest BCUT2D eigenvalue weighted by atomic mass is 10.1. The number of aromatic nitrogens is 4. The van der Waals surface area contributed by atoms with E-state index in [1.54, 1.807) is 6.20 Å².